The Labute approximate surface area is 192 Å². The molecule has 2 N–H and O–H groups in total. The molecule has 0 fully saturated rings. The quantitative estimate of drug-likeness (QED) is 0.479. The highest BCUT2D eigenvalue weighted by Crippen LogP contribution is 2.40. The lowest BCUT2D eigenvalue weighted by atomic mass is 9.70. The van der Waals surface area contributed by atoms with Crippen molar-refractivity contribution >= 4 is 0 Å². The summed E-state index contributed by atoms with van der Waals surface area (Å²) < 4.78 is 21.5. The van der Waals surface area contributed by atoms with Crippen LogP contribution in [0.3, 0.4) is 0 Å². The van der Waals surface area contributed by atoms with Gasteiger partial charge in [-0.05, 0) is 54.2 Å². The topological polar surface area (TPSA) is 77.3 Å². The standard InChI is InChI=1S/C26H36N2O4/c1-19(2)26(18-27,21-9-11-23(30-4)25(17-21)32-6)13-7-14-28-15-12-20-8-10-22(29-3)24(16-20)31-5/h8-11,16-17,19,28H,7,12-15H2,1-6H3/p+1/t26-/m0/s1. The Hall–Kier alpha value is -2.91. The first kappa shape index (κ1) is 25.4. The maximum absolute atomic E-state index is 10.2. The summed E-state index contributed by atoms with van der Waals surface area (Å²) in [7, 11) is 6.54. The van der Waals surface area contributed by atoms with Crippen LogP contribution >= 0.6 is 0 Å². The minimum atomic E-state index is -0.559. The summed E-state index contributed by atoms with van der Waals surface area (Å²) in [5.41, 5.74) is 1.65. The summed E-state index contributed by atoms with van der Waals surface area (Å²) in [5, 5.41) is 12.5. The van der Waals surface area contributed by atoms with E-state index < -0.39 is 5.41 Å². The zero-order valence-corrected chi connectivity index (χ0v) is 20.2. The van der Waals surface area contributed by atoms with Crippen molar-refractivity contribution in [3.63, 3.8) is 0 Å². The van der Waals surface area contributed by atoms with Crippen LogP contribution in [0.25, 0.3) is 0 Å². The monoisotopic (exact) mass is 441 g/mol. The fraction of sp³-hybridized carbons (Fsp3) is 0.500. The van der Waals surface area contributed by atoms with Crippen LogP contribution in [0.5, 0.6) is 23.0 Å². The molecular weight excluding hydrogens is 404 g/mol. The highest BCUT2D eigenvalue weighted by molar-refractivity contribution is 5.47. The molecule has 0 bridgehead atoms. The van der Waals surface area contributed by atoms with Gasteiger partial charge in [-0.2, -0.15) is 5.26 Å². The average Bonchev–Trinajstić information content (AvgIpc) is 2.82. The van der Waals surface area contributed by atoms with Crippen LogP contribution in [-0.2, 0) is 11.8 Å². The first-order valence-electron chi connectivity index (χ1n) is 11.1. The van der Waals surface area contributed by atoms with Crippen LogP contribution < -0.4 is 24.3 Å². The lowest BCUT2D eigenvalue weighted by Gasteiger charge is -2.31. The van der Waals surface area contributed by atoms with Gasteiger partial charge in [0.1, 0.15) is 0 Å². The number of nitrogens with two attached hydrogens (primary N) is 1. The van der Waals surface area contributed by atoms with E-state index in [2.05, 4.69) is 31.3 Å². The van der Waals surface area contributed by atoms with Gasteiger partial charge in [-0.15, -0.1) is 0 Å². The van der Waals surface area contributed by atoms with E-state index in [0.29, 0.717) is 11.5 Å². The molecule has 0 radical (unpaired) electrons. The Bertz CT molecular complexity index is 907. The Balaban J connectivity index is 1.96. The van der Waals surface area contributed by atoms with E-state index in [4.69, 9.17) is 18.9 Å². The maximum Gasteiger partial charge on any atom is 0.161 e. The molecule has 2 rings (SSSR count). The number of hydrogen-bond donors (Lipinski definition) is 1. The van der Waals surface area contributed by atoms with E-state index in [0.717, 1.165) is 49.4 Å². The summed E-state index contributed by atoms with van der Waals surface area (Å²) in [5.74, 6) is 3.02. The van der Waals surface area contributed by atoms with E-state index >= 15 is 0 Å². The van der Waals surface area contributed by atoms with Gasteiger partial charge in [-0.25, -0.2) is 0 Å². The Morgan fingerprint density at radius 1 is 0.844 bits per heavy atom. The predicted molar refractivity (Wildman–Crippen MR) is 126 cm³/mol. The molecule has 0 amide bonds. The van der Waals surface area contributed by atoms with Gasteiger partial charge in [-0.3, -0.25) is 0 Å². The van der Waals surface area contributed by atoms with Gasteiger partial charge in [0.25, 0.3) is 0 Å². The first-order valence-corrected chi connectivity index (χ1v) is 11.1. The maximum atomic E-state index is 10.2. The van der Waals surface area contributed by atoms with Crippen LogP contribution in [-0.4, -0.2) is 41.5 Å². The largest absolute Gasteiger partial charge is 0.493 e. The lowest BCUT2D eigenvalue weighted by molar-refractivity contribution is -0.654. The van der Waals surface area contributed by atoms with Gasteiger partial charge in [0.05, 0.1) is 53.0 Å². The molecule has 0 aromatic heterocycles. The highest BCUT2D eigenvalue weighted by atomic mass is 16.5. The number of methoxy groups -OCH3 is 4. The second-order valence-corrected chi connectivity index (χ2v) is 8.22. The number of nitrogens with zero attached hydrogens (tertiary/aromatic N) is 1. The molecule has 0 saturated carbocycles. The normalized spacial score (nSPS) is 12.7. The van der Waals surface area contributed by atoms with E-state index in [-0.39, 0.29) is 5.92 Å². The summed E-state index contributed by atoms with van der Waals surface area (Å²) in [6, 6.07) is 14.5. The van der Waals surface area contributed by atoms with Gasteiger partial charge in [0.2, 0.25) is 0 Å². The summed E-state index contributed by atoms with van der Waals surface area (Å²) in [6.45, 7) is 6.17. The average molecular weight is 442 g/mol. The molecule has 0 aliphatic carbocycles. The van der Waals surface area contributed by atoms with Crippen molar-refractivity contribution in [3.8, 4) is 29.1 Å². The number of ether oxygens (including phenoxy) is 4. The van der Waals surface area contributed by atoms with Crippen molar-refractivity contribution in [3.05, 3.63) is 47.5 Å². The van der Waals surface area contributed by atoms with Gasteiger partial charge in [0, 0.05) is 6.42 Å². The Morgan fingerprint density at radius 3 is 2.00 bits per heavy atom. The fourth-order valence-corrected chi connectivity index (χ4v) is 4.10. The molecule has 0 saturated heterocycles. The molecule has 0 spiro atoms. The van der Waals surface area contributed by atoms with E-state index in [1.807, 2.05) is 30.3 Å². The van der Waals surface area contributed by atoms with Crippen LogP contribution in [0.1, 0.15) is 37.8 Å². The molecule has 6 heteroatoms. The zero-order valence-electron chi connectivity index (χ0n) is 20.2. The molecule has 174 valence electrons. The van der Waals surface area contributed by atoms with Crippen LogP contribution in [0, 0.1) is 17.2 Å². The number of nitriles is 1. The number of quaternary nitrogens is 1. The number of rotatable bonds is 13. The molecule has 32 heavy (non-hydrogen) atoms. The number of hydrogen-bond acceptors (Lipinski definition) is 5. The minimum Gasteiger partial charge on any atom is -0.493 e. The minimum absolute atomic E-state index is 0.178. The lowest BCUT2D eigenvalue weighted by Crippen LogP contribution is -2.84. The second-order valence-electron chi connectivity index (χ2n) is 8.22. The van der Waals surface area contributed by atoms with Crippen LogP contribution in [0.2, 0.25) is 0 Å². The molecule has 0 aliphatic heterocycles. The predicted octanol–water partition coefficient (Wildman–Crippen LogP) is 3.72. The summed E-state index contributed by atoms with van der Waals surface area (Å²) in [4.78, 5) is 0. The SMILES string of the molecule is COc1ccc(CC[NH2+]CCC[C@@](C#N)(c2ccc(OC)c(OC)c2)C(C)C)cc1OC. The number of benzene rings is 2. The fourth-order valence-electron chi connectivity index (χ4n) is 4.10. The van der Waals surface area contributed by atoms with Crippen LogP contribution in [0.15, 0.2) is 36.4 Å². The first-order chi connectivity index (χ1) is 15.4. The Morgan fingerprint density at radius 2 is 1.44 bits per heavy atom. The molecular formula is C26H37N2O4+. The molecule has 1 atom stereocenters. The smallest absolute Gasteiger partial charge is 0.161 e. The van der Waals surface area contributed by atoms with E-state index in [9.17, 15) is 5.26 Å². The van der Waals surface area contributed by atoms with Gasteiger partial charge in [-0.1, -0.05) is 26.0 Å². The van der Waals surface area contributed by atoms with Crippen molar-refractivity contribution < 1.29 is 24.3 Å². The summed E-state index contributed by atoms with van der Waals surface area (Å²) in [6.07, 6.45) is 2.69. The molecule has 0 aliphatic rings. The van der Waals surface area contributed by atoms with Crippen molar-refractivity contribution in [2.75, 3.05) is 41.5 Å². The van der Waals surface area contributed by atoms with Crippen LogP contribution in [0.4, 0.5) is 0 Å². The third kappa shape index (κ3) is 5.86. The highest BCUT2D eigenvalue weighted by Gasteiger charge is 2.36. The summed E-state index contributed by atoms with van der Waals surface area (Å²) >= 11 is 0. The van der Waals surface area contributed by atoms with Gasteiger partial charge >= 0.3 is 0 Å². The molecule has 0 heterocycles. The molecule has 2 aromatic carbocycles. The molecule has 2 aromatic rings. The van der Waals surface area contributed by atoms with Crippen molar-refractivity contribution in [2.24, 2.45) is 5.92 Å². The third-order valence-electron chi connectivity index (χ3n) is 6.15. The van der Waals surface area contributed by atoms with Gasteiger partial charge < -0.3 is 24.3 Å². The van der Waals surface area contributed by atoms with E-state index in [1.54, 1.807) is 28.4 Å². The molecule has 0 unspecified atom stereocenters. The van der Waals surface area contributed by atoms with Crippen molar-refractivity contribution in [2.45, 2.75) is 38.5 Å². The van der Waals surface area contributed by atoms with Gasteiger partial charge in [0.15, 0.2) is 23.0 Å². The third-order valence-corrected chi connectivity index (χ3v) is 6.15. The Kier molecular flexibility index (Phi) is 9.67. The second kappa shape index (κ2) is 12.2. The molecule has 6 nitrogen and oxygen atoms in total. The zero-order chi connectivity index (χ0) is 23.6. The van der Waals surface area contributed by atoms with Crippen molar-refractivity contribution in [1.82, 2.24) is 0 Å². The van der Waals surface area contributed by atoms with Crippen molar-refractivity contribution in [1.29, 1.82) is 5.26 Å². The van der Waals surface area contributed by atoms with E-state index in [1.165, 1.54) is 5.56 Å².